The molecule has 0 bridgehead atoms. The second kappa shape index (κ2) is 6.43. The van der Waals surface area contributed by atoms with Gasteiger partial charge in [-0.3, -0.25) is 4.79 Å². The minimum atomic E-state index is -0.951. The fourth-order valence-electron chi connectivity index (χ4n) is 2.26. The number of hydrogen-bond donors (Lipinski definition) is 2. The van der Waals surface area contributed by atoms with Crippen LogP contribution >= 0.6 is 0 Å². The van der Waals surface area contributed by atoms with Crippen LogP contribution in [0.4, 0.5) is 4.79 Å². The molecule has 116 valence electrons. The maximum atomic E-state index is 11.7. The van der Waals surface area contributed by atoms with Gasteiger partial charge in [0.25, 0.3) is 0 Å². The molecule has 0 aromatic rings. The first-order valence-corrected chi connectivity index (χ1v) is 6.90. The van der Waals surface area contributed by atoms with Gasteiger partial charge in [0, 0.05) is 20.3 Å². The number of nitrogens with one attached hydrogen (secondary N) is 1. The van der Waals surface area contributed by atoms with Crippen molar-refractivity contribution in [3.8, 4) is 0 Å². The summed E-state index contributed by atoms with van der Waals surface area (Å²) in [7, 11) is 1.54. The van der Waals surface area contributed by atoms with E-state index >= 15 is 0 Å². The molecule has 0 radical (unpaired) electrons. The number of methoxy groups -OCH3 is 1. The lowest BCUT2D eigenvalue weighted by Crippen LogP contribution is -2.46. The molecule has 1 amide bonds. The Hall–Kier alpha value is -1.30. The molecule has 1 aliphatic rings. The lowest BCUT2D eigenvalue weighted by molar-refractivity contribution is -0.151. The Kier molecular flexibility index (Phi) is 5.39. The maximum Gasteiger partial charge on any atom is 0.407 e. The number of hydrogen-bond acceptors (Lipinski definition) is 4. The van der Waals surface area contributed by atoms with Crippen LogP contribution in [0.5, 0.6) is 0 Å². The molecule has 1 aliphatic carbocycles. The highest BCUT2D eigenvalue weighted by atomic mass is 16.6. The van der Waals surface area contributed by atoms with E-state index in [2.05, 4.69) is 5.32 Å². The lowest BCUT2D eigenvalue weighted by Gasteiger charge is -2.30. The van der Waals surface area contributed by atoms with Crippen LogP contribution < -0.4 is 5.32 Å². The Bertz CT molecular complexity index is 359. The van der Waals surface area contributed by atoms with Crippen molar-refractivity contribution in [3.05, 3.63) is 0 Å². The van der Waals surface area contributed by atoms with Gasteiger partial charge in [0.2, 0.25) is 0 Å². The largest absolute Gasteiger partial charge is 0.481 e. The standard InChI is InChI=1S/C14H25NO5/c1-13(2,3)20-12(18)15-9-14(11(16)17,7-8-19-4)10-5-6-10/h10H,5-9H2,1-4H3,(H,15,18)(H,16,17). The van der Waals surface area contributed by atoms with Crippen LogP contribution in [0.2, 0.25) is 0 Å². The summed E-state index contributed by atoms with van der Waals surface area (Å²) in [5.41, 5.74) is -1.55. The summed E-state index contributed by atoms with van der Waals surface area (Å²) >= 11 is 0. The van der Waals surface area contributed by atoms with E-state index in [0.29, 0.717) is 13.0 Å². The third-order valence-corrected chi connectivity index (χ3v) is 3.48. The first kappa shape index (κ1) is 16.8. The Balaban J connectivity index is 2.65. The first-order chi connectivity index (χ1) is 9.21. The van der Waals surface area contributed by atoms with E-state index in [-0.39, 0.29) is 12.5 Å². The number of aliphatic carboxylic acids is 1. The molecule has 0 aromatic carbocycles. The van der Waals surface area contributed by atoms with Crippen molar-refractivity contribution in [2.24, 2.45) is 11.3 Å². The summed E-state index contributed by atoms with van der Waals surface area (Å²) in [6.45, 7) is 5.73. The first-order valence-electron chi connectivity index (χ1n) is 6.90. The highest BCUT2D eigenvalue weighted by Gasteiger charge is 2.51. The van der Waals surface area contributed by atoms with Crippen LogP contribution in [0.1, 0.15) is 40.0 Å². The van der Waals surface area contributed by atoms with Gasteiger partial charge in [-0.1, -0.05) is 0 Å². The molecule has 0 heterocycles. The highest BCUT2D eigenvalue weighted by Crippen LogP contribution is 2.47. The molecular formula is C14H25NO5. The second-order valence-corrected chi connectivity index (χ2v) is 6.33. The average Bonchev–Trinajstić information content (AvgIpc) is 3.11. The number of amides is 1. The molecule has 0 aromatic heterocycles. The Morgan fingerprint density at radius 1 is 1.30 bits per heavy atom. The van der Waals surface area contributed by atoms with Crippen LogP contribution in [-0.2, 0) is 14.3 Å². The Labute approximate surface area is 119 Å². The number of carbonyl (C=O) groups excluding carboxylic acids is 1. The van der Waals surface area contributed by atoms with Crippen LogP contribution in [0.3, 0.4) is 0 Å². The smallest absolute Gasteiger partial charge is 0.407 e. The number of carbonyl (C=O) groups is 2. The van der Waals surface area contributed by atoms with Gasteiger partial charge in [-0.05, 0) is 46.0 Å². The predicted molar refractivity (Wildman–Crippen MR) is 73.5 cm³/mol. The topological polar surface area (TPSA) is 84.9 Å². The summed E-state index contributed by atoms with van der Waals surface area (Å²) in [6.07, 6.45) is 1.57. The quantitative estimate of drug-likeness (QED) is 0.748. The van der Waals surface area contributed by atoms with E-state index in [1.54, 1.807) is 27.9 Å². The number of rotatable bonds is 7. The van der Waals surface area contributed by atoms with E-state index < -0.39 is 23.1 Å². The molecule has 1 fully saturated rings. The van der Waals surface area contributed by atoms with E-state index in [1.807, 2.05) is 0 Å². The fourth-order valence-corrected chi connectivity index (χ4v) is 2.26. The van der Waals surface area contributed by atoms with Crippen LogP contribution in [0.25, 0.3) is 0 Å². The number of alkyl carbamates (subject to hydrolysis) is 1. The fraction of sp³-hybridized carbons (Fsp3) is 0.857. The molecule has 2 N–H and O–H groups in total. The zero-order chi connectivity index (χ0) is 15.4. The Morgan fingerprint density at radius 2 is 1.90 bits per heavy atom. The monoisotopic (exact) mass is 287 g/mol. The highest BCUT2D eigenvalue weighted by molar-refractivity contribution is 5.77. The van der Waals surface area contributed by atoms with Crippen molar-refractivity contribution in [3.63, 3.8) is 0 Å². The second-order valence-electron chi connectivity index (χ2n) is 6.33. The van der Waals surface area contributed by atoms with E-state index in [0.717, 1.165) is 12.8 Å². The average molecular weight is 287 g/mol. The maximum absolute atomic E-state index is 11.7. The van der Waals surface area contributed by atoms with Gasteiger partial charge in [-0.25, -0.2) is 4.79 Å². The van der Waals surface area contributed by atoms with Gasteiger partial charge < -0.3 is 19.9 Å². The van der Waals surface area contributed by atoms with Crippen molar-refractivity contribution in [1.82, 2.24) is 5.32 Å². The summed E-state index contributed by atoms with van der Waals surface area (Å²) in [4.78, 5) is 23.3. The summed E-state index contributed by atoms with van der Waals surface area (Å²) in [5.74, 6) is -0.779. The van der Waals surface area contributed by atoms with Gasteiger partial charge in [-0.2, -0.15) is 0 Å². The van der Waals surface area contributed by atoms with Crippen LogP contribution in [0, 0.1) is 11.3 Å². The number of ether oxygens (including phenoxy) is 2. The molecule has 1 rings (SSSR count). The summed E-state index contributed by atoms with van der Waals surface area (Å²) in [6, 6.07) is 0. The van der Waals surface area contributed by atoms with Crippen molar-refractivity contribution >= 4 is 12.1 Å². The van der Waals surface area contributed by atoms with E-state index in [4.69, 9.17) is 9.47 Å². The van der Waals surface area contributed by atoms with Crippen molar-refractivity contribution in [2.75, 3.05) is 20.3 Å². The SMILES string of the molecule is COCCC(CNC(=O)OC(C)(C)C)(C(=O)O)C1CC1. The van der Waals surface area contributed by atoms with Gasteiger partial charge in [0.05, 0.1) is 5.41 Å². The van der Waals surface area contributed by atoms with Crippen LogP contribution in [-0.4, -0.2) is 43.0 Å². The van der Waals surface area contributed by atoms with E-state index in [1.165, 1.54) is 0 Å². The molecule has 0 saturated heterocycles. The molecule has 1 unspecified atom stereocenters. The third-order valence-electron chi connectivity index (χ3n) is 3.48. The predicted octanol–water partition coefficient (Wildman–Crippen LogP) is 2.03. The zero-order valence-electron chi connectivity index (χ0n) is 12.7. The zero-order valence-corrected chi connectivity index (χ0v) is 12.7. The van der Waals surface area contributed by atoms with Gasteiger partial charge in [-0.15, -0.1) is 0 Å². The van der Waals surface area contributed by atoms with Crippen molar-refractivity contribution in [1.29, 1.82) is 0 Å². The molecule has 6 heteroatoms. The number of carboxylic acids is 1. The molecule has 1 saturated carbocycles. The normalized spacial score (nSPS) is 18.2. The molecule has 6 nitrogen and oxygen atoms in total. The lowest BCUT2D eigenvalue weighted by atomic mass is 9.79. The Morgan fingerprint density at radius 3 is 2.30 bits per heavy atom. The van der Waals surface area contributed by atoms with E-state index in [9.17, 15) is 14.7 Å². The molecule has 0 spiro atoms. The third kappa shape index (κ3) is 4.67. The molecule has 20 heavy (non-hydrogen) atoms. The molecule has 0 aliphatic heterocycles. The van der Waals surface area contributed by atoms with Crippen LogP contribution in [0.15, 0.2) is 0 Å². The number of carboxylic acid groups (broad SMARTS) is 1. The van der Waals surface area contributed by atoms with Crippen molar-refractivity contribution in [2.45, 2.75) is 45.6 Å². The van der Waals surface area contributed by atoms with Gasteiger partial charge in [0.15, 0.2) is 0 Å². The van der Waals surface area contributed by atoms with Gasteiger partial charge in [0.1, 0.15) is 5.60 Å². The minimum Gasteiger partial charge on any atom is -0.481 e. The summed E-state index contributed by atoms with van der Waals surface area (Å²) < 4.78 is 10.1. The molecule has 1 atom stereocenters. The van der Waals surface area contributed by atoms with Crippen molar-refractivity contribution < 1.29 is 24.2 Å². The molecular weight excluding hydrogens is 262 g/mol. The summed E-state index contributed by atoms with van der Waals surface area (Å²) in [5, 5.41) is 12.2. The minimum absolute atomic E-state index is 0.0747. The van der Waals surface area contributed by atoms with Gasteiger partial charge >= 0.3 is 12.1 Å².